The van der Waals surface area contributed by atoms with E-state index in [1.165, 1.54) is 27.6 Å². The molecule has 1 N–H and O–H groups in total. The van der Waals surface area contributed by atoms with Crippen molar-refractivity contribution >= 4 is 31.3 Å². The Balaban J connectivity index is 2.09. The summed E-state index contributed by atoms with van der Waals surface area (Å²) in [7, 11) is 1.42. The van der Waals surface area contributed by atoms with Crippen LogP contribution >= 0.6 is 7.59 Å². The normalized spacial score (nSPS) is 18.5. The Morgan fingerprint density at radius 1 is 0.933 bits per heavy atom. The molecule has 1 atom stereocenters. The van der Waals surface area contributed by atoms with Gasteiger partial charge in [-0.05, 0) is 21.1 Å². The third kappa shape index (κ3) is 5.42. The molecule has 3 amide bonds. The van der Waals surface area contributed by atoms with Gasteiger partial charge in [0, 0.05) is 57.5 Å². The van der Waals surface area contributed by atoms with Crippen LogP contribution in [0, 0.1) is 0 Å². The van der Waals surface area contributed by atoms with Crippen LogP contribution in [0.15, 0.2) is 24.3 Å². The average molecular weight is 441 g/mol. The van der Waals surface area contributed by atoms with E-state index in [-0.39, 0.29) is 32.0 Å². The molecule has 30 heavy (non-hydrogen) atoms. The smallest absolute Gasteiger partial charge is 0.304 e. The Labute approximate surface area is 175 Å². The molecular formula is C18H28N5O6P. The number of carbonyl (C=O) groups excluding carboxylic acids is 3. The fraction of sp³-hybridized carbons (Fsp3) is 0.556. The lowest BCUT2D eigenvalue weighted by Crippen LogP contribution is -2.43. The van der Waals surface area contributed by atoms with Crippen LogP contribution in [0.2, 0.25) is 0 Å². The van der Waals surface area contributed by atoms with Gasteiger partial charge in [0.05, 0.1) is 6.42 Å². The molecule has 0 saturated heterocycles. The minimum atomic E-state index is -3.41. The fourth-order valence-electron chi connectivity index (χ4n) is 3.27. The zero-order valence-corrected chi connectivity index (χ0v) is 18.3. The standard InChI is InChI=1S/C18H28N5O6P/c1-19(10-8-18(27)28)30(29,20(2)11-13-22-9-4-5-15(22)24)21(3)12-14-23-16(25)6-7-17(23)26/h4-7H,8-14H2,1-3H3,(H,27,28). The summed E-state index contributed by atoms with van der Waals surface area (Å²) in [5, 5.41) is 9.00. The van der Waals surface area contributed by atoms with E-state index in [0.29, 0.717) is 19.6 Å². The van der Waals surface area contributed by atoms with Crippen LogP contribution in [0.25, 0.3) is 0 Å². The summed E-state index contributed by atoms with van der Waals surface area (Å²) < 4.78 is 18.7. The summed E-state index contributed by atoms with van der Waals surface area (Å²) in [6, 6.07) is 0. The molecule has 2 heterocycles. The number of hydrogen-bond acceptors (Lipinski definition) is 5. The van der Waals surface area contributed by atoms with Gasteiger partial charge >= 0.3 is 5.97 Å². The van der Waals surface area contributed by atoms with Crippen molar-refractivity contribution in [3.05, 3.63) is 24.3 Å². The number of carboxylic acid groups (broad SMARTS) is 1. The molecule has 2 rings (SSSR count). The molecule has 1 unspecified atom stereocenters. The van der Waals surface area contributed by atoms with E-state index >= 15 is 0 Å². The number of imide groups is 1. The largest absolute Gasteiger partial charge is 0.481 e. The van der Waals surface area contributed by atoms with Crippen molar-refractivity contribution in [2.24, 2.45) is 0 Å². The maximum absolute atomic E-state index is 14.0. The van der Waals surface area contributed by atoms with Crippen molar-refractivity contribution in [1.82, 2.24) is 23.8 Å². The number of hydrogen-bond donors (Lipinski definition) is 1. The highest BCUT2D eigenvalue weighted by molar-refractivity contribution is 7.56. The van der Waals surface area contributed by atoms with Crippen molar-refractivity contribution in [3.63, 3.8) is 0 Å². The lowest BCUT2D eigenvalue weighted by Gasteiger charge is -2.41. The molecule has 0 aromatic heterocycles. The molecule has 0 aromatic carbocycles. The monoisotopic (exact) mass is 441 g/mol. The zero-order chi connectivity index (χ0) is 22.5. The van der Waals surface area contributed by atoms with Crippen molar-refractivity contribution in [2.75, 3.05) is 60.4 Å². The van der Waals surface area contributed by atoms with E-state index in [1.807, 2.05) is 0 Å². The minimum absolute atomic E-state index is 0.0502. The van der Waals surface area contributed by atoms with Gasteiger partial charge in [-0.25, -0.2) is 14.0 Å². The number of carbonyl (C=O) groups is 4. The maximum atomic E-state index is 14.0. The number of likely N-dealkylation sites (N-methyl/N-ethyl adjacent to an activating group) is 2. The number of rotatable bonds is 12. The van der Waals surface area contributed by atoms with Crippen LogP contribution in [0.1, 0.15) is 6.42 Å². The first kappa shape index (κ1) is 23.9. The fourth-order valence-corrected chi connectivity index (χ4v) is 5.89. The Kier molecular flexibility index (Phi) is 8.08. The van der Waals surface area contributed by atoms with E-state index in [4.69, 9.17) is 5.11 Å². The van der Waals surface area contributed by atoms with Crippen LogP contribution in [0.5, 0.6) is 0 Å². The van der Waals surface area contributed by atoms with E-state index in [2.05, 4.69) is 0 Å². The van der Waals surface area contributed by atoms with Gasteiger partial charge in [-0.15, -0.1) is 0 Å². The summed E-state index contributed by atoms with van der Waals surface area (Å²) in [5.74, 6) is -1.96. The molecule has 12 heteroatoms. The first-order valence-corrected chi connectivity index (χ1v) is 11.1. The van der Waals surface area contributed by atoms with Gasteiger partial charge in [0.1, 0.15) is 0 Å². The molecule has 2 aliphatic rings. The highest BCUT2D eigenvalue weighted by Gasteiger charge is 2.38. The van der Waals surface area contributed by atoms with Gasteiger partial charge < -0.3 is 10.0 Å². The number of amides is 3. The van der Waals surface area contributed by atoms with Gasteiger partial charge in [0.15, 0.2) is 0 Å². The molecule has 0 spiro atoms. The second kappa shape index (κ2) is 10.1. The van der Waals surface area contributed by atoms with E-state index < -0.39 is 25.4 Å². The van der Waals surface area contributed by atoms with Crippen LogP contribution in [0.4, 0.5) is 0 Å². The van der Waals surface area contributed by atoms with Gasteiger partial charge in [-0.2, -0.15) is 0 Å². The Morgan fingerprint density at radius 2 is 1.47 bits per heavy atom. The van der Waals surface area contributed by atoms with E-state index in [9.17, 15) is 23.7 Å². The van der Waals surface area contributed by atoms with Gasteiger partial charge in [0.2, 0.25) is 5.91 Å². The highest BCUT2D eigenvalue weighted by Crippen LogP contribution is 2.53. The average Bonchev–Trinajstić information content (AvgIpc) is 3.25. The van der Waals surface area contributed by atoms with E-state index in [0.717, 1.165) is 4.90 Å². The molecule has 166 valence electrons. The lowest BCUT2D eigenvalue weighted by molar-refractivity contribution is -0.138. The lowest BCUT2D eigenvalue weighted by atomic mass is 10.4. The number of carboxylic acids is 1. The third-order valence-corrected chi connectivity index (χ3v) is 8.39. The second-order valence-electron chi connectivity index (χ2n) is 7.15. The summed E-state index contributed by atoms with van der Waals surface area (Å²) >= 11 is 0. The first-order valence-electron chi connectivity index (χ1n) is 9.53. The Morgan fingerprint density at radius 3 is 1.97 bits per heavy atom. The molecule has 11 nitrogen and oxygen atoms in total. The summed E-state index contributed by atoms with van der Waals surface area (Å²) in [5.41, 5.74) is 0. The number of aliphatic carboxylic acids is 1. The molecule has 2 aliphatic heterocycles. The summed E-state index contributed by atoms with van der Waals surface area (Å²) in [4.78, 5) is 49.0. The van der Waals surface area contributed by atoms with Crippen molar-refractivity contribution < 1.29 is 28.8 Å². The van der Waals surface area contributed by atoms with Crippen LogP contribution in [0.3, 0.4) is 0 Å². The molecule has 0 aliphatic carbocycles. The van der Waals surface area contributed by atoms with Crippen LogP contribution < -0.4 is 0 Å². The van der Waals surface area contributed by atoms with Gasteiger partial charge in [-0.1, -0.05) is 6.08 Å². The van der Waals surface area contributed by atoms with Crippen molar-refractivity contribution in [3.8, 4) is 0 Å². The predicted octanol–water partition coefficient (Wildman–Crippen LogP) is -0.312. The highest BCUT2D eigenvalue weighted by atomic mass is 31.2. The third-order valence-electron chi connectivity index (χ3n) is 5.12. The number of nitrogens with zero attached hydrogens (tertiary/aromatic N) is 5. The molecule has 0 aromatic rings. The molecular weight excluding hydrogens is 413 g/mol. The molecule has 0 saturated carbocycles. The topological polar surface area (TPSA) is 122 Å². The zero-order valence-electron chi connectivity index (χ0n) is 17.4. The van der Waals surface area contributed by atoms with Crippen LogP contribution in [-0.4, -0.2) is 113 Å². The van der Waals surface area contributed by atoms with Gasteiger partial charge in [-0.3, -0.25) is 28.6 Å². The molecule has 0 fully saturated rings. The molecule has 0 radical (unpaired) electrons. The van der Waals surface area contributed by atoms with E-state index in [1.54, 1.807) is 36.8 Å². The molecule has 0 bridgehead atoms. The summed E-state index contributed by atoms with van der Waals surface area (Å²) in [6.07, 6.45) is 5.43. The summed E-state index contributed by atoms with van der Waals surface area (Å²) in [6.45, 7) is 1.40. The maximum Gasteiger partial charge on any atom is 0.304 e. The quantitative estimate of drug-likeness (QED) is 0.321. The SMILES string of the molecule is CN(CCC(=O)O)P(=O)(N(C)CCN1CC=CC1=O)N(C)CCN1C(=O)C=CC1=O. The first-order chi connectivity index (χ1) is 14.1. The Hall–Kier alpha value is -2.33. The van der Waals surface area contributed by atoms with Crippen molar-refractivity contribution in [2.45, 2.75) is 6.42 Å². The predicted molar refractivity (Wildman–Crippen MR) is 109 cm³/mol. The van der Waals surface area contributed by atoms with Crippen LogP contribution in [-0.2, 0) is 23.7 Å². The Bertz CT molecular complexity index is 795. The minimum Gasteiger partial charge on any atom is -0.481 e. The second-order valence-corrected chi connectivity index (χ2v) is 10.2. The van der Waals surface area contributed by atoms with Crippen molar-refractivity contribution in [1.29, 1.82) is 0 Å². The van der Waals surface area contributed by atoms with Gasteiger partial charge in [0.25, 0.3) is 19.4 Å².